The fourth-order valence-electron chi connectivity index (χ4n) is 8.74. The highest BCUT2D eigenvalue weighted by molar-refractivity contribution is 5.74. The molecule has 0 aromatic heterocycles. The van der Waals surface area contributed by atoms with Crippen LogP contribution in [0.3, 0.4) is 0 Å². The van der Waals surface area contributed by atoms with Crippen LogP contribution in [0.1, 0.15) is 252 Å². The van der Waals surface area contributed by atoms with Gasteiger partial charge < -0.3 is 39.0 Å². The fourth-order valence-corrected chi connectivity index (χ4v) is 8.74. The second-order valence-electron chi connectivity index (χ2n) is 20.6. The number of aliphatic carboxylic acids is 1. The Bertz CT molecular complexity index is 1660. The second kappa shape index (κ2) is 52.6. The van der Waals surface area contributed by atoms with E-state index in [0.717, 1.165) is 109 Å². The van der Waals surface area contributed by atoms with Crippen molar-refractivity contribution < 1.29 is 58.2 Å². The third-order valence-electron chi connectivity index (χ3n) is 13.4. The molecule has 12 nitrogen and oxygen atoms in total. The molecule has 0 radical (unpaired) electrons. The normalized spacial score (nSPS) is 18.6. The van der Waals surface area contributed by atoms with E-state index in [9.17, 15) is 34.5 Å². The van der Waals surface area contributed by atoms with Crippen LogP contribution < -0.4 is 0 Å². The smallest absolute Gasteiger partial charge is 0.335 e. The average molecular weight is 1080 g/mol. The van der Waals surface area contributed by atoms with Crippen molar-refractivity contribution in [3.05, 3.63) is 85.1 Å². The monoisotopic (exact) mass is 1080 g/mol. The Morgan fingerprint density at radius 3 is 1.31 bits per heavy atom. The van der Waals surface area contributed by atoms with Gasteiger partial charge in [0.2, 0.25) is 0 Å². The Kier molecular flexibility index (Phi) is 48.4. The zero-order chi connectivity index (χ0) is 56.1. The van der Waals surface area contributed by atoms with Crippen molar-refractivity contribution >= 4 is 23.9 Å². The van der Waals surface area contributed by atoms with Crippen molar-refractivity contribution in [1.29, 1.82) is 0 Å². The van der Waals surface area contributed by atoms with Gasteiger partial charge in [0.25, 0.3) is 0 Å². The molecule has 0 bridgehead atoms. The maximum atomic E-state index is 13.2. The Balaban J connectivity index is 2.72. The van der Waals surface area contributed by atoms with Gasteiger partial charge in [-0.25, -0.2) is 4.79 Å². The molecule has 77 heavy (non-hydrogen) atoms. The van der Waals surface area contributed by atoms with Gasteiger partial charge in [0, 0.05) is 19.3 Å². The third-order valence-corrected chi connectivity index (χ3v) is 13.4. The highest BCUT2D eigenvalue weighted by Gasteiger charge is 2.50. The van der Waals surface area contributed by atoms with Crippen molar-refractivity contribution in [2.75, 3.05) is 13.2 Å². The minimum absolute atomic E-state index is 0.00401. The molecule has 0 aromatic rings. The van der Waals surface area contributed by atoms with E-state index < -0.39 is 67.3 Å². The molecular formula is C65H108O12. The van der Waals surface area contributed by atoms with Crippen molar-refractivity contribution in [3.63, 3.8) is 0 Å². The molecule has 1 aliphatic heterocycles. The fraction of sp³-hybridized carbons (Fsp3) is 0.723. The van der Waals surface area contributed by atoms with Gasteiger partial charge in [-0.15, -0.1) is 0 Å². The molecule has 1 heterocycles. The molecule has 6 atom stereocenters. The molecule has 12 heteroatoms. The molecule has 3 N–H and O–H groups in total. The lowest BCUT2D eigenvalue weighted by molar-refractivity contribution is -0.301. The van der Waals surface area contributed by atoms with Crippen molar-refractivity contribution in [3.8, 4) is 0 Å². The summed E-state index contributed by atoms with van der Waals surface area (Å²) in [5, 5.41) is 31.5. The van der Waals surface area contributed by atoms with Crippen LogP contribution >= 0.6 is 0 Å². The van der Waals surface area contributed by atoms with Crippen LogP contribution in [-0.4, -0.2) is 89.2 Å². The number of rotatable bonds is 51. The number of unbranched alkanes of at least 4 members (excludes halogenated alkanes) is 23. The van der Waals surface area contributed by atoms with Crippen LogP contribution in [-0.2, 0) is 42.9 Å². The van der Waals surface area contributed by atoms with Crippen LogP contribution in [0.4, 0.5) is 0 Å². The predicted molar refractivity (Wildman–Crippen MR) is 312 cm³/mol. The number of ether oxygens (including phenoxy) is 5. The van der Waals surface area contributed by atoms with Crippen LogP contribution in [0.5, 0.6) is 0 Å². The van der Waals surface area contributed by atoms with Crippen molar-refractivity contribution in [2.45, 2.75) is 289 Å². The molecule has 440 valence electrons. The lowest BCUT2D eigenvalue weighted by Crippen LogP contribution is -2.61. The molecule has 1 fully saturated rings. The largest absolute Gasteiger partial charge is 0.479 e. The quantitative estimate of drug-likeness (QED) is 0.0228. The van der Waals surface area contributed by atoms with Gasteiger partial charge in [0.15, 0.2) is 24.6 Å². The maximum Gasteiger partial charge on any atom is 0.335 e. The molecule has 1 rings (SSSR count). The highest BCUT2D eigenvalue weighted by Crippen LogP contribution is 2.26. The number of hydrogen-bond donors (Lipinski definition) is 3. The molecule has 0 saturated carbocycles. The molecule has 0 aliphatic carbocycles. The van der Waals surface area contributed by atoms with Gasteiger partial charge in [-0.3, -0.25) is 14.4 Å². The number of carbonyl (C=O) groups is 4. The lowest BCUT2D eigenvalue weighted by atomic mass is 9.98. The number of carbonyl (C=O) groups excluding carboxylic acids is 3. The average Bonchev–Trinajstić information content (AvgIpc) is 3.43. The van der Waals surface area contributed by atoms with Crippen molar-refractivity contribution in [1.82, 2.24) is 0 Å². The molecule has 6 unspecified atom stereocenters. The number of allylic oxidation sites excluding steroid dienone is 14. The summed E-state index contributed by atoms with van der Waals surface area (Å²) in [4.78, 5) is 51.2. The lowest BCUT2D eigenvalue weighted by Gasteiger charge is -2.40. The Morgan fingerprint density at radius 2 is 0.818 bits per heavy atom. The molecular weight excluding hydrogens is 973 g/mol. The van der Waals surface area contributed by atoms with Crippen LogP contribution in [0, 0.1) is 0 Å². The van der Waals surface area contributed by atoms with Crippen LogP contribution in [0.15, 0.2) is 85.1 Å². The SMILES string of the molecule is CC/C=C\C/C=C\C/C=C\C/C=C\CCCCC(=O)OC1C(OCC(COC(=O)CCCCCCCCC/C=C\C/C=C\CCCCC)OC(=O)CCCCCCC/C=C\CCCCCCCC)OC(C(=O)O)C(O)C1O. The zero-order valence-corrected chi connectivity index (χ0v) is 48.4. The summed E-state index contributed by atoms with van der Waals surface area (Å²) in [5.74, 6) is -3.19. The van der Waals surface area contributed by atoms with E-state index in [4.69, 9.17) is 23.7 Å². The van der Waals surface area contributed by atoms with Crippen LogP contribution in [0.25, 0.3) is 0 Å². The number of esters is 3. The minimum atomic E-state index is -1.92. The highest BCUT2D eigenvalue weighted by atomic mass is 16.7. The summed E-state index contributed by atoms with van der Waals surface area (Å²) < 4.78 is 28.4. The second-order valence-corrected chi connectivity index (χ2v) is 20.6. The molecule has 1 aliphatic rings. The summed E-state index contributed by atoms with van der Waals surface area (Å²) in [6, 6.07) is 0. The van der Waals surface area contributed by atoms with E-state index in [-0.39, 0.29) is 25.9 Å². The maximum absolute atomic E-state index is 13.2. The van der Waals surface area contributed by atoms with E-state index in [2.05, 4.69) is 106 Å². The van der Waals surface area contributed by atoms with E-state index in [1.54, 1.807) is 0 Å². The topological polar surface area (TPSA) is 175 Å². The van der Waals surface area contributed by atoms with Gasteiger partial charge in [-0.2, -0.15) is 0 Å². The predicted octanol–water partition coefficient (Wildman–Crippen LogP) is 15.9. The Labute approximate surface area is 467 Å². The zero-order valence-electron chi connectivity index (χ0n) is 48.4. The molecule has 0 amide bonds. The van der Waals surface area contributed by atoms with E-state index in [1.807, 2.05) is 0 Å². The Hall–Kier alpha value is -4.10. The number of carboxylic acids is 1. The number of aliphatic hydroxyl groups is 2. The Morgan fingerprint density at radius 1 is 0.442 bits per heavy atom. The van der Waals surface area contributed by atoms with Gasteiger partial charge >= 0.3 is 23.9 Å². The van der Waals surface area contributed by atoms with Gasteiger partial charge in [-0.05, 0) is 116 Å². The molecule has 0 spiro atoms. The third kappa shape index (κ3) is 42.5. The molecule has 0 aromatic carbocycles. The van der Waals surface area contributed by atoms with Crippen LogP contribution in [0.2, 0.25) is 0 Å². The summed E-state index contributed by atoms with van der Waals surface area (Å²) in [7, 11) is 0. The first-order valence-electron chi connectivity index (χ1n) is 30.6. The summed E-state index contributed by atoms with van der Waals surface area (Å²) >= 11 is 0. The first-order chi connectivity index (χ1) is 37.6. The standard InChI is InChI=1S/C65H108O12/c1-4-7-10-13-16-19-22-25-28-29-32-33-36-39-42-45-48-51-57(66)73-54-56(75-58(67)52-49-46-43-40-37-34-30-26-23-20-17-14-11-8-5-2)55-74-65-63(61(70)60(69)62(77-65)64(71)72)76-59(68)53-50-47-44-41-38-35-31-27-24-21-18-15-12-9-6-3/h9,12,16,18-19,21,25-28,30-31,38,41,56,60-63,65,69-70H,4-8,10-11,13-15,17,20,22-24,29,32-37,39-40,42-55H2,1-3H3,(H,71,72)/b12-9-,19-16-,21-18-,28-25-,30-26-,31-27-,41-38-. The summed E-state index contributed by atoms with van der Waals surface area (Å²) in [6.07, 6.45) is 55.5. The number of carboxylic acid groups (broad SMARTS) is 1. The minimum Gasteiger partial charge on any atom is -0.479 e. The van der Waals surface area contributed by atoms with Gasteiger partial charge in [0.05, 0.1) is 6.61 Å². The summed E-state index contributed by atoms with van der Waals surface area (Å²) in [5.41, 5.74) is 0. The van der Waals surface area contributed by atoms with Gasteiger partial charge in [-0.1, -0.05) is 202 Å². The number of aliphatic hydroxyl groups excluding tert-OH is 2. The van der Waals surface area contributed by atoms with E-state index >= 15 is 0 Å². The van der Waals surface area contributed by atoms with Gasteiger partial charge in [0.1, 0.15) is 18.8 Å². The van der Waals surface area contributed by atoms with E-state index in [1.165, 1.54) is 77.0 Å². The first kappa shape index (κ1) is 70.9. The van der Waals surface area contributed by atoms with Crippen molar-refractivity contribution in [2.24, 2.45) is 0 Å². The van der Waals surface area contributed by atoms with E-state index in [0.29, 0.717) is 25.7 Å². The first-order valence-corrected chi connectivity index (χ1v) is 30.6. The molecule has 1 saturated heterocycles. The summed E-state index contributed by atoms with van der Waals surface area (Å²) in [6.45, 7) is 5.82. The number of hydrogen-bond acceptors (Lipinski definition) is 11.